The molecule has 0 radical (unpaired) electrons. The van der Waals surface area contributed by atoms with E-state index in [4.69, 9.17) is 9.47 Å². The van der Waals surface area contributed by atoms with Gasteiger partial charge in [-0.1, -0.05) is 54.6 Å². The van der Waals surface area contributed by atoms with Gasteiger partial charge in [-0.25, -0.2) is 8.78 Å². The van der Waals surface area contributed by atoms with E-state index in [1.165, 1.54) is 12.1 Å². The summed E-state index contributed by atoms with van der Waals surface area (Å²) in [4.78, 5) is 0. The van der Waals surface area contributed by atoms with Crippen LogP contribution < -0.4 is 4.74 Å². The van der Waals surface area contributed by atoms with Crippen molar-refractivity contribution < 1.29 is 31.4 Å². The van der Waals surface area contributed by atoms with Crippen LogP contribution >= 0.6 is 0 Å². The van der Waals surface area contributed by atoms with E-state index >= 15 is 4.39 Å². The molecule has 0 fully saturated rings. The zero-order chi connectivity index (χ0) is 27.1. The van der Waals surface area contributed by atoms with Gasteiger partial charge in [-0.15, -0.1) is 0 Å². The number of hydrogen-bond donors (Lipinski definition) is 0. The van der Waals surface area contributed by atoms with E-state index in [-0.39, 0.29) is 17.4 Å². The SMILES string of the molecule is COCCc1ccc(CCc2ccc3c(F)c(CCc4ccc(OCC(F)(F)F)cc4)ccc3c2)c(F)c1. The maximum atomic E-state index is 15.2. The van der Waals surface area contributed by atoms with Crippen molar-refractivity contribution in [3.8, 4) is 5.75 Å². The summed E-state index contributed by atoms with van der Waals surface area (Å²) in [5, 5.41) is 1.31. The number of aryl methyl sites for hydroxylation is 4. The molecule has 0 aliphatic carbocycles. The van der Waals surface area contributed by atoms with Crippen LogP contribution in [0.25, 0.3) is 10.8 Å². The second-order valence-electron chi connectivity index (χ2n) is 9.31. The lowest BCUT2D eigenvalue weighted by Crippen LogP contribution is -2.19. The van der Waals surface area contributed by atoms with Gasteiger partial charge in [-0.3, -0.25) is 0 Å². The third-order valence-corrected chi connectivity index (χ3v) is 6.50. The molecule has 200 valence electrons. The summed E-state index contributed by atoms with van der Waals surface area (Å²) in [7, 11) is 1.62. The number of ether oxygens (including phenoxy) is 2. The van der Waals surface area contributed by atoms with Gasteiger partial charge in [-0.05, 0) is 83.5 Å². The van der Waals surface area contributed by atoms with Crippen molar-refractivity contribution in [1.82, 2.24) is 0 Å². The fourth-order valence-electron chi connectivity index (χ4n) is 4.38. The van der Waals surface area contributed by atoms with Gasteiger partial charge in [0.1, 0.15) is 17.4 Å². The van der Waals surface area contributed by atoms with E-state index in [9.17, 15) is 17.6 Å². The van der Waals surface area contributed by atoms with E-state index in [1.807, 2.05) is 30.3 Å². The van der Waals surface area contributed by atoms with E-state index in [1.54, 1.807) is 37.4 Å². The van der Waals surface area contributed by atoms with E-state index in [0.717, 1.165) is 22.1 Å². The summed E-state index contributed by atoms with van der Waals surface area (Å²) < 4.78 is 76.3. The molecule has 0 spiro atoms. The lowest BCUT2D eigenvalue weighted by atomic mass is 9.97. The topological polar surface area (TPSA) is 18.5 Å². The first-order chi connectivity index (χ1) is 18.2. The summed E-state index contributed by atoms with van der Waals surface area (Å²) in [6.07, 6.45) is -1.55. The van der Waals surface area contributed by atoms with Crippen LogP contribution in [0, 0.1) is 11.6 Å². The van der Waals surface area contributed by atoms with Crippen LogP contribution in [0.3, 0.4) is 0 Å². The summed E-state index contributed by atoms with van der Waals surface area (Å²) in [5.74, 6) is -0.365. The second-order valence-corrected chi connectivity index (χ2v) is 9.31. The standard InChI is InChI=1S/C31H29F5O2/c1-37-17-16-23-4-9-24(29(32)19-23)8-3-22-7-15-28-26(18-22)12-11-25(30(28)33)10-2-21-5-13-27(14-6-21)38-20-31(34,35)36/h4-7,9,11-15,18-19H,2-3,8,10,16-17,20H2,1H3. The van der Waals surface area contributed by atoms with E-state index < -0.39 is 12.8 Å². The van der Waals surface area contributed by atoms with Crippen molar-refractivity contribution in [3.05, 3.63) is 112 Å². The van der Waals surface area contributed by atoms with Gasteiger partial charge >= 0.3 is 6.18 Å². The molecule has 7 heteroatoms. The van der Waals surface area contributed by atoms with Gasteiger partial charge < -0.3 is 9.47 Å². The van der Waals surface area contributed by atoms with E-state index in [0.29, 0.717) is 55.2 Å². The summed E-state index contributed by atoms with van der Waals surface area (Å²) in [6.45, 7) is -0.791. The normalized spacial score (nSPS) is 11.7. The highest BCUT2D eigenvalue weighted by molar-refractivity contribution is 5.84. The number of methoxy groups -OCH3 is 1. The van der Waals surface area contributed by atoms with Crippen LogP contribution in [-0.2, 0) is 36.8 Å². The Morgan fingerprint density at radius 1 is 0.658 bits per heavy atom. The first kappa shape index (κ1) is 27.6. The van der Waals surface area contributed by atoms with Crippen LogP contribution in [0.5, 0.6) is 5.75 Å². The van der Waals surface area contributed by atoms with Crippen LogP contribution in [0.15, 0.2) is 72.8 Å². The van der Waals surface area contributed by atoms with Crippen molar-refractivity contribution in [2.24, 2.45) is 0 Å². The molecule has 38 heavy (non-hydrogen) atoms. The Kier molecular flexibility index (Phi) is 9.00. The molecule has 0 bridgehead atoms. The Hall–Kier alpha value is -3.45. The minimum Gasteiger partial charge on any atom is -0.484 e. The number of hydrogen-bond acceptors (Lipinski definition) is 2. The molecule has 0 unspecified atom stereocenters. The van der Waals surface area contributed by atoms with Gasteiger partial charge in [0.2, 0.25) is 0 Å². The lowest BCUT2D eigenvalue weighted by Gasteiger charge is -2.11. The predicted octanol–water partition coefficient (Wildman–Crippen LogP) is 7.82. The van der Waals surface area contributed by atoms with Gasteiger partial charge in [-0.2, -0.15) is 13.2 Å². The molecule has 0 atom stereocenters. The molecule has 0 saturated carbocycles. The Morgan fingerprint density at radius 3 is 2.00 bits per heavy atom. The van der Waals surface area contributed by atoms with Gasteiger partial charge in [0, 0.05) is 12.5 Å². The van der Waals surface area contributed by atoms with Crippen LogP contribution in [0.4, 0.5) is 22.0 Å². The first-order valence-electron chi connectivity index (χ1n) is 12.5. The number of rotatable bonds is 11. The highest BCUT2D eigenvalue weighted by atomic mass is 19.4. The molecule has 4 rings (SSSR count). The second kappa shape index (κ2) is 12.4. The fourth-order valence-corrected chi connectivity index (χ4v) is 4.38. The molecular weight excluding hydrogens is 499 g/mol. The molecule has 0 amide bonds. The zero-order valence-electron chi connectivity index (χ0n) is 21.1. The molecule has 2 nitrogen and oxygen atoms in total. The Morgan fingerprint density at radius 2 is 1.29 bits per heavy atom. The molecule has 4 aromatic rings. The van der Waals surface area contributed by atoms with Crippen LogP contribution in [0.2, 0.25) is 0 Å². The third-order valence-electron chi connectivity index (χ3n) is 6.50. The Balaban J connectivity index is 1.36. The minimum atomic E-state index is -4.39. The smallest absolute Gasteiger partial charge is 0.422 e. The molecule has 0 heterocycles. The molecular formula is C31H29F5O2. The quantitative estimate of drug-likeness (QED) is 0.185. The number of benzene rings is 4. The highest BCUT2D eigenvalue weighted by Gasteiger charge is 2.28. The average molecular weight is 529 g/mol. The summed E-state index contributed by atoms with van der Waals surface area (Å²) in [5.41, 5.74) is 3.99. The van der Waals surface area contributed by atoms with Crippen molar-refractivity contribution in [3.63, 3.8) is 0 Å². The molecule has 0 aliphatic heterocycles. The summed E-state index contributed by atoms with van der Waals surface area (Å²) >= 11 is 0. The van der Waals surface area contributed by atoms with Crippen LogP contribution in [-0.4, -0.2) is 26.5 Å². The minimum absolute atomic E-state index is 0.139. The Bertz CT molecular complexity index is 1360. The van der Waals surface area contributed by atoms with Gasteiger partial charge in [0.05, 0.1) is 6.61 Å². The number of halogens is 5. The molecule has 4 aromatic carbocycles. The van der Waals surface area contributed by atoms with Gasteiger partial charge in [0.25, 0.3) is 0 Å². The van der Waals surface area contributed by atoms with Crippen molar-refractivity contribution in [1.29, 1.82) is 0 Å². The van der Waals surface area contributed by atoms with Crippen molar-refractivity contribution in [2.45, 2.75) is 38.3 Å². The molecule has 0 aliphatic rings. The molecule has 0 aromatic heterocycles. The maximum Gasteiger partial charge on any atom is 0.422 e. The Labute approximate surface area is 219 Å². The maximum absolute atomic E-state index is 15.2. The van der Waals surface area contributed by atoms with Crippen molar-refractivity contribution >= 4 is 10.8 Å². The lowest BCUT2D eigenvalue weighted by molar-refractivity contribution is -0.153. The van der Waals surface area contributed by atoms with E-state index in [2.05, 4.69) is 0 Å². The number of alkyl halides is 3. The first-order valence-corrected chi connectivity index (χ1v) is 12.5. The molecule has 0 N–H and O–H groups in total. The number of fused-ring (bicyclic) bond motifs is 1. The third kappa shape index (κ3) is 7.54. The largest absolute Gasteiger partial charge is 0.484 e. The van der Waals surface area contributed by atoms with Crippen molar-refractivity contribution in [2.75, 3.05) is 20.3 Å². The predicted molar refractivity (Wildman–Crippen MR) is 139 cm³/mol. The highest BCUT2D eigenvalue weighted by Crippen LogP contribution is 2.25. The summed E-state index contributed by atoms with van der Waals surface area (Å²) in [6, 6.07) is 20.9. The average Bonchev–Trinajstić information content (AvgIpc) is 2.90. The monoisotopic (exact) mass is 528 g/mol. The zero-order valence-corrected chi connectivity index (χ0v) is 21.1. The molecule has 0 saturated heterocycles. The van der Waals surface area contributed by atoms with Gasteiger partial charge in [0.15, 0.2) is 6.61 Å². The fraction of sp³-hybridized carbons (Fsp3) is 0.290. The van der Waals surface area contributed by atoms with Crippen LogP contribution in [0.1, 0.15) is 27.8 Å².